The molecule has 2 bridgehead atoms. The van der Waals surface area contributed by atoms with Crippen LogP contribution in [0.2, 0.25) is 0 Å². The number of carbonyl (C=O) groups excluding carboxylic acids is 2. The second-order valence-corrected chi connectivity index (χ2v) is 9.52. The molecule has 4 heterocycles. The Morgan fingerprint density at radius 2 is 2.13 bits per heavy atom. The Morgan fingerprint density at radius 1 is 1.37 bits per heavy atom. The molecular formula is C23H32N4O3. The molecule has 30 heavy (non-hydrogen) atoms. The molecule has 3 fully saturated rings. The van der Waals surface area contributed by atoms with Crippen LogP contribution in [0.15, 0.2) is 24.5 Å². The number of aromatic nitrogens is 2. The predicted octanol–water partition coefficient (Wildman–Crippen LogP) is 2.13. The number of hydrogen-bond acceptors (Lipinski definition) is 4. The molecule has 5 rings (SSSR count). The number of ether oxygens (including phenoxy) is 1. The third-order valence-electron chi connectivity index (χ3n) is 7.48. The summed E-state index contributed by atoms with van der Waals surface area (Å²) in [5.41, 5.74) is 0.414. The van der Waals surface area contributed by atoms with Crippen LogP contribution >= 0.6 is 0 Å². The molecule has 0 aromatic carbocycles. The summed E-state index contributed by atoms with van der Waals surface area (Å²) >= 11 is 0. The smallest absolute Gasteiger partial charge is 0.230 e. The van der Waals surface area contributed by atoms with Gasteiger partial charge in [0.15, 0.2) is 0 Å². The van der Waals surface area contributed by atoms with Gasteiger partial charge in [0.1, 0.15) is 5.60 Å². The first kappa shape index (κ1) is 19.8. The van der Waals surface area contributed by atoms with E-state index >= 15 is 0 Å². The van der Waals surface area contributed by atoms with Crippen LogP contribution in [-0.4, -0.2) is 62.2 Å². The fraction of sp³-hybridized carbons (Fsp3) is 0.696. The molecule has 0 radical (unpaired) electrons. The van der Waals surface area contributed by atoms with Crippen molar-refractivity contribution in [3.63, 3.8) is 0 Å². The van der Waals surface area contributed by atoms with Crippen LogP contribution in [0.5, 0.6) is 0 Å². The Balaban J connectivity index is 1.38. The van der Waals surface area contributed by atoms with Crippen molar-refractivity contribution >= 4 is 11.8 Å². The summed E-state index contributed by atoms with van der Waals surface area (Å²) in [6, 6.07) is 0.272. The number of aryl methyl sites for hydroxylation is 1. The summed E-state index contributed by atoms with van der Waals surface area (Å²) in [6.45, 7) is 6.24. The van der Waals surface area contributed by atoms with Crippen molar-refractivity contribution in [3.05, 3.63) is 30.1 Å². The Hall–Kier alpha value is -2.15. The average Bonchev–Trinajstić information content (AvgIpc) is 3.11. The highest BCUT2D eigenvalue weighted by Crippen LogP contribution is 2.53. The number of carbonyl (C=O) groups is 2. The number of hydrogen-bond donors (Lipinski definition) is 0. The van der Waals surface area contributed by atoms with Crippen molar-refractivity contribution in [1.82, 2.24) is 19.6 Å². The molecule has 2 amide bonds. The summed E-state index contributed by atoms with van der Waals surface area (Å²) < 4.78 is 8.10. The van der Waals surface area contributed by atoms with E-state index in [9.17, 15) is 9.59 Å². The molecule has 4 atom stereocenters. The lowest BCUT2D eigenvalue weighted by atomic mass is 9.76. The van der Waals surface area contributed by atoms with Crippen LogP contribution in [0.4, 0.5) is 0 Å². The van der Waals surface area contributed by atoms with Gasteiger partial charge in [0.2, 0.25) is 11.8 Å². The first-order valence-corrected chi connectivity index (χ1v) is 11.4. The van der Waals surface area contributed by atoms with Gasteiger partial charge >= 0.3 is 0 Å². The number of rotatable bonds is 8. The highest BCUT2D eigenvalue weighted by molar-refractivity contribution is 5.93. The van der Waals surface area contributed by atoms with E-state index in [2.05, 4.69) is 25.0 Å². The van der Waals surface area contributed by atoms with Crippen LogP contribution < -0.4 is 0 Å². The Kier molecular flexibility index (Phi) is 4.76. The monoisotopic (exact) mass is 412 g/mol. The van der Waals surface area contributed by atoms with Gasteiger partial charge in [-0.1, -0.05) is 38.8 Å². The lowest BCUT2D eigenvalue weighted by Gasteiger charge is -2.30. The zero-order valence-electron chi connectivity index (χ0n) is 18.2. The minimum absolute atomic E-state index is 0.0697. The fourth-order valence-electron chi connectivity index (χ4n) is 5.59. The summed E-state index contributed by atoms with van der Waals surface area (Å²) in [5.74, 6) is -0.131. The first-order chi connectivity index (χ1) is 14.5. The average molecular weight is 413 g/mol. The molecule has 0 N–H and O–H groups in total. The summed E-state index contributed by atoms with van der Waals surface area (Å²) in [4.78, 5) is 31.2. The van der Waals surface area contributed by atoms with E-state index < -0.39 is 11.5 Å². The van der Waals surface area contributed by atoms with Gasteiger partial charge in [-0.3, -0.25) is 14.3 Å². The molecule has 2 saturated heterocycles. The van der Waals surface area contributed by atoms with E-state index in [1.54, 1.807) is 4.68 Å². The lowest BCUT2D eigenvalue weighted by molar-refractivity contribution is -0.144. The predicted molar refractivity (Wildman–Crippen MR) is 111 cm³/mol. The van der Waals surface area contributed by atoms with E-state index in [1.165, 1.54) is 0 Å². The summed E-state index contributed by atoms with van der Waals surface area (Å²) in [6.07, 6.45) is 11.7. The minimum atomic E-state index is -0.613. The Bertz CT molecular complexity index is 872. The van der Waals surface area contributed by atoms with Gasteiger partial charge in [0.05, 0.1) is 30.7 Å². The highest BCUT2D eigenvalue weighted by Gasteiger charge is 2.67. The second kappa shape index (κ2) is 7.22. The van der Waals surface area contributed by atoms with Gasteiger partial charge < -0.3 is 14.5 Å². The molecule has 3 aliphatic heterocycles. The molecule has 1 aromatic heterocycles. The number of nitrogens with zero attached hydrogens (tertiary/aromatic N) is 4. The highest BCUT2D eigenvalue weighted by atomic mass is 16.5. The van der Waals surface area contributed by atoms with Crippen molar-refractivity contribution in [3.8, 4) is 0 Å². The van der Waals surface area contributed by atoms with Gasteiger partial charge in [0.25, 0.3) is 0 Å². The zero-order valence-corrected chi connectivity index (χ0v) is 18.2. The maximum absolute atomic E-state index is 13.8. The SMILES string of the molecule is CCC(CC)CN1C[C@]23C=C[C@H](O2)[C@H](C(=O)N(Cc2cnn(C)c2)C2CC2)[C@@H]3C1=O. The molecule has 1 saturated carbocycles. The van der Waals surface area contributed by atoms with Crippen molar-refractivity contribution in [2.45, 2.75) is 63.8 Å². The van der Waals surface area contributed by atoms with Crippen LogP contribution in [-0.2, 0) is 27.9 Å². The van der Waals surface area contributed by atoms with E-state index in [-0.39, 0.29) is 29.9 Å². The number of fused-ring (bicyclic) bond motifs is 1. The molecular weight excluding hydrogens is 380 g/mol. The van der Waals surface area contributed by atoms with E-state index in [0.29, 0.717) is 19.0 Å². The molecule has 7 heteroatoms. The Labute approximate surface area is 178 Å². The normalized spacial score (nSPS) is 31.8. The Morgan fingerprint density at radius 3 is 2.77 bits per heavy atom. The third-order valence-corrected chi connectivity index (χ3v) is 7.48. The van der Waals surface area contributed by atoms with Gasteiger partial charge in [-0.25, -0.2) is 0 Å². The zero-order chi connectivity index (χ0) is 21.0. The van der Waals surface area contributed by atoms with Crippen LogP contribution in [0.25, 0.3) is 0 Å². The third kappa shape index (κ3) is 3.09. The van der Waals surface area contributed by atoms with Gasteiger partial charge in [-0.05, 0) is 18.8 Å². The minimum Gasteiger partial charge on any atom is -0.360 e. The maximum Gasteiger partial charge on any atom is 0.230 e. The van der Waals surface area contributed by atoms with Crippen molar-refractivity contribution < 1.29 is 14.3 Å². The van der Waals surface area contributed by atoms with E-state index in [1.807, 2.05) is 35.3 Å². The first-order valence-electron chi connectivity index (χ1n) is 11.4. The lowest BCUT2D eigenvalue weighted by Crippen LogP contribution is -2.46. The maximum atomic E-state index is 13.8. The molecule has 1 aliphatic carbocycles. The van der Waals surface area contributed by atoms with E-state index in [4.69, 9.17) is 4.74 Å². The van der Waals surface area contributed by atoms with Crippen molar-refractivity contribution in [2.24, 2.45) is 24.8 Å². The van der Waals surface area contributed by atoms with Crippen LogP contribution in [0, 0.1) is 17.8 Å². The van der Waals surface area contributed by atoms with Gasteiger partial charge in [-0.15, -0.1) is 0 Å². The fourth-order valence-corrected chi connectivity index (χ4v) is 5.59. The quantitative estimate of drug-likeness (QED) is 0.614. The number of likely N-dealkylation sites (tertiary alicyclic amines) is 1. The van der Waals surface area contributed by atoms with Crippen LogP contribution in [0.1, 0.15) is 45.1 Å². The van der Waals surface area contributed by atoms with Crippen molar-refractivity contribution in [1.29, 1.82) is 0 Å². The van der Waals surface area contributed by atoms with Gasteiger partial charge in [-0.2, -0.15) is 5.10 Å². The molecule has 7 nitrogen and oxygen atoms in total. The number of amides is 2. The summed E-state index contributed by atoms with van der Waals surface area (Å²) in [5, 5.41) is 4.24. The molecule has 1 spiro atoms. The van der Waals surface area contributed by atoms with E-state index in [0.717, 1.165) is 37.8 Å². The molecule has 1 aromatic rings. The van der Waals surface area contributed by atoms with Crippen LogP contribution in [0.3, 0.4) is 0 Å². The molecule has 4 aliphatic rings. The largest absolute Gasteiger partial charge is 0.360 e. The van der Waals surface area contributed by atoms with Crippen molar-refractivity contribution in [2.75, 3.05) is 13.1 Å². The molecule has 0 unspecified atom stereocenters. The van der Waals surface area contributed by atoms with Gasteiger partial charge in [0, 0.05) is 37.9 Å². The summed E-state index contributed by atoms with van der Waals surface area (Å²) in [7, 11) is 1.89. The topological polar surface area (TPSA) is 67.7 Å². The standard InChI is InChI=1S/C23H32N4O3/c1-4-15(5-2)12-26-14-23-9-8-18(30-23)19(20(23)22(26)29)21(28)27(17-6-7-17)13-16-10-24-25(3)11-16/h8-11,15,17-20H,4-7,12-14H2,1-3H3/t18-,19-,20+,23-/m0/s1. The molecule has 162 valence electrons. The second-order valence-electron chi connectivity index (χ2n) is 9.52.